The Balaban J connectivity index is 1.91. The molecule has 0 spiro atoms. The summed E-state index contributed by atoms with van der Waals surface area (Å²) in [6.45, 7) is -0.482. The lowest BCUT2D eigenvalue weighted by Crippen LogP contribution is -2.09. The third-order valence-electron chi connectivity index (χ3n) is 4.26. The summed E-state index contributed by atoms with van der Waals surface area (Å²) >= 11 is 12.7. The third kappa shape index (κ3) is 5.03. The van der Waals surface area contributed by atoms with E-state index < -0.39 is 12.6 Å². The summed E-state index contributed by atoms with van der Waals surface area (Å²) in [6.07, 6.45) is 5.88. The Morgan fingerprint density at radius 2 is 1.79 bits per heavy atom. The van der Waals surface area contributed by atoms with Gasteiger partial charge >= 0.3 is 5.97 Å². The first-order chi connectivity index (χ1) is 13.9. The number of carboxylic acids is 1. The van der Waals surface area contributed by atoms with Gasteiger partial charge in [-0.3, -0.25) is 0 Å². The number of ether oxygens (including phenoxy) is 1. The molecule has 0 heterocycles. The van der Waals surface area contributed by atoms with Crippen molar-refractivity contribution in [2.75, 3.05) is 6.61 Å². The zero-order valence-corrected chi connectivity index (χ0v) is 16.7. The molecule has 29 heavy (non-hydrogen) atoms. The number of aromatic hydroxyl groups is 1. The van der Waals surface area contributed by atoms with Crippen molar-refractivity contribution in [3.63, 3.8) is 0 Å². The van der Waals surface area contributed by atoms with Crippen molar-refractivity contribution < 1.29 is 19.7 Å². The second kappa shape index (κ2) is 8.91. The lowest BCUT2D eigenvalue weighted by atomic mass is 9.97. The molecule has 0 aliphatic rings. The van der Waals surface area contributed by atoms with Crippen molar-refractivity contribution >= 4 is 29.2 Å². The van der Waals surface area contributed by atoms with Crippen LogP contribution in [0.5, 0.6) is 11.5 Å². The molecule has 0 radical (unpaired) electrons. The molecular formula is C23H16Cl2O4. The van der Waals surface area contributed by atoms with Crippen molar-refractivity contribution in [3.8, 4) is 35.0 Å². The Morgan fingerprint density at radius 3 is 2.45 bits per heavy atom. The Bertz CT molecular complexity index is 1090. The molecule has 146 valence electrons. The monoisotopic (exact) mass is 426 g/mol. The van der Waals surface area contributed by atoms with E-state index >= 15 is 0 Å². The number of halogens is 2. The van der Waals surface area contributed by atoms with Crippen LogP contribution in [0, 0.1) is 12.3 Å². The molecule has 0 saturated heterocycles. The molecule has 0 fully saturated rings. The fraction of sp³-hybridized carbons (Fsp3) is 0.0870. The van der Waals surface area contributed by atoms with Crippen molar-refractivity contribution in [1.82, 2.24) is 0 Å². The van der Waals surface area contributed by atoms with Gasteiger partial charge in [0.2, 0.25) is 0 Å². The molecule has 4 nitrogen and oxygen atoms in total. The quantitative estimate of drug-likeness (QED) is 0.517. The molecular weight excluding hydrogens is 411 g/mol. The summed E-state index contributed by atoms with van der Waals surface area (Å²) in [6, 6.07) is 15.7. The standard InChI is InChI=1S/C23H16Cl2O4/c1-2-14-4-3-5-16(8-14)18-9-15(6-7-22(18)26)10-19-20(24)11-17(12-21(19)25)29-13-23(27)28/h1,3-9,11-12,26H,10,13H2,(H,27,28). The van der Waals surface area contributed by atoms with Crippen LogP contribution in [0.15, 0.2) is 54.6 Å². The molecule has 0 unspecified atom stereocenters. The molecule has 3 aromatic carbocycles. The maximum atomic E-state index is 10.6. The van der Waals surface area contributed by atoms with Crippen LogP contribution in [-0.2, 0) is 11.2 Å². The van der Waals surface area contributed by atoms with Crippen LogP contribution in [0.4, 0.5) is 0 Å². The van der Waals surface area contributed by atoms with Gasteiger partial charge in [0.1, 0.15) is 11.5 Å². The number of hydrogen-bond donors (Lipinski definition) is 2. The van der Waals surface area contributed by atoms with Gasteiger partial charge in [0, 0.05) is 27.6 Å². The maximum absolute atomic E-state index is 10.6. The number of phenols is 1. The summed E-state index contributed by atoms with van der Waals surface area (Å²) in [4.78, 5) is 10.6. The average Bonchev–Trinajstić information content (AvgIpc) is 2.70. The van der Waals surface area contributed by atoms with Crippen molar-refractivity contribution in [1.29, 1.82) is 0 Å². The number of carboxylic acid groups (broad SMARTS) is 1. The van der Waals surface area contributed by atoms with Crippen LogP contribution in [-0.4, -0.2) is 22.8 Å². The number of terminal acetylenes is 1. The summed E-state index contributed by atoms with van der Waals surface area (Å²) in [7, 11) is 0. The average molecular weight is 427 g/mol. The first-order valence-corrected chi connectivity index (χ1v) is 9.34. The minimum absolute atomic E-state index is 0.137. The first-order valence-electron chi connectivity index (χ1n) is 8.59. The highest BCUT2D eigenvalue weighted by Crippen LogP contribution is 2.35. The Hall–Kier alpha value is -3.13. The highest BCUT2D eigenvalue weighted by molar-refractivity contribution is 6.36. The first kappa shape index (κ1) is 20.6. The molecule has 0 saturated carbocycles. The van der Waals surface area contributed by atoms with E-state index in [9.17, 15) is 9.90 Å². The highest BCUT2D eigenvalue weighted by atomic mass is 35.5. The fourth-order valence-electron chi connectivity index (χ4n) is 2.88. The predicted octanol–water partition coefficient (Wildman–Crippen LogP) is 5.40. The summed E-state index contributed by atoms with van der Waals surface area (Å²) in [5, 5.41) is 19.7. The largest absolute Gasteiger partial charge is 0.507 e. The van der Waals surface area contributed by atoms with E-state index in [0.29, 0.717) is 27.6 Å². The van der Waals surface area contributed by atoms with E-state index in [1.54, 1.807) is 12.1 Å². The van der Waals surface area contributed by atoms with Gasteiger partial charge in [0.05, 0.1) is 0 Å². The highest BCUT2D eigenvalue weighted by Gasteiger charge is 2.13. The van der Waals surface area contributed by atoms with E-state index in [1.807, 2.05) is 30.3 Å². The summed E-state index contributed by atoms with van der Waals surface area (Å²) in [5.41, 5.74) is 3.72. The molecule has 3 aromatic rings. The van der Waals surface area contributed by atoms with Crippen LogP contribution < -0.4 is 4.74 Å². The van der Waals surface area contributed by atoms with E-state index in [2.05, 4.69) is 5.92 Å². The number of carbonyl (C=O) groups is 1. The Labute approximate surface area is 178 Å². The molecule has 0 atom stereocenters. The molecule has 3 rings (SSSR count). The number of benzene rings is 3. The second-order valence-corrected chi connectivity index (χ2v) is 7.12. The molecule has 0 aliphatic carbocycles. The topological polar surface area (TPSA) is 66.8 Å². The zero-order valence-electron chi connectivity index (χ0n) is 15.2. The van der Waals surface area contributed by atoms with Crippen molar-refractivity contribution in [3.05, 3.63) is 81.3 Å². The van der Waals surface area contributed by atoms with Gasteiger partial charge < -0.3 is 14.9 Å². The van der Waals surface area contributed by atoms with Crippen LogP contribution >= 0.6 is 23.2 Å². The zero-order chi connectivity index (χ0) is 21.0. The lowest BCUT2D eigenvalue weighted by molar-refractivity contribution is -0.139. The van der Waals surface area contributed by atoms with E-state index in [4.69, 9.17) is 39.5 Å². The van der Waals surface area contributed by atoms with Crippen LogP contribution in [0.1, 0.15) is 16.7 Å². The van der Waals surface area contributed by atoms with Gasteiger partial charge in [-0.25, -0.2) is 4.79 Å². The molecule has 0 bridgehead atoms. The lowest BCUT2D eigenvalue weighted by Gasteiger charge is -2.12. The fourth-order valence-corrected chi connectivity index (χ4v) is 3.48. The van der Waals surface area contributed by atoms with E-state index in [0.717, 1.165) is 16.7 Å². The van der Waals surface area contributed by atoms with Gasteiger partial charge in [-0.2, -0.15) is 0 Å². The van der Waals surface area contributed by atoms with Gasteiger partial charge in [-0.05, 0) is 53.1 Å². The van der Waals surface area contributed by atoms with Gasteiger partial charge in [-0.15, -0.1) is 6.42 Å². The van der Waals surface area contributed by atoms with Crippen LogP contribution in [0.3, 0.4) is 0 Å². The third-order valence-corrected chi connectivity index (χ3v) is 4.93. The van der Waals surface area contributed by atoms with Crippen molar-refractivity contribution in [2.45, 2.75) is 6.42 Å². The van der Waals surface area contributed by atoms with Gasteiger partial charge in [0.15, 0.2) is 6.61 Å². The van der Waals surface area contributed by atoms with Crippen molar-refractivity contribution in [2.24, 2.45) is 0 Å². The number of phenolic OH excluding ortho intramolecular Hbond substituents is 1. The number of aliphatic carboxylic acids is 1. The van der Waals surface area contributed by atoms with Crippen LogP contribution in [0.25, 0.3) is 11.1 Å². The van der Waals surface area contributed by atoms with Crippen LogP contribution in [0.2, 0.25) is 10.0 Å². The summed E-state index contributed by atoms with van der Waals surface area (Å²) in [5.74, 6) is 1.91. The Morgan fingerprint density at radius 1 is 1.07 bits per heavy atom. The maximum Gasteiger partial charge on any atom is 0.341 e. The van der Waals surface area contributed by atoms with E-state index in [-0.39, 0.29) is 11.5 Å². The van der Waals surface area contributed by atoms with Gasteiger partial charge in [0.25, 0.3) is 0 Å². The second-order valence-electron chi connectivity index (χ2n) is 6.30. The minimum atomic E-state index is -1.09. The van der Waals surface area contributed by atoms with E-state index in [1.165, 1.54) is 12.1 Å². The normalized spacial score (nSPS) is 10.4. The number of rotatable bonds is 6. The molecule has 6 heteroatoms. The minimum Gasteiger partial charge on any atom is -0.507 e. The SMILES string of the molecule is C#Cc1cccc(-c2cc(Cc3c(Cl)cc(OCC(=O)O)cc3Cl)ccc2O)c1. The molecule has 0 amide bonds. The molecule has 0 aromatic heterocycles. The Kier molecular flexibility index (Phi) is 6.33. The van der Waals surface area contributed by atoms with Gasteiger partial charge in [-0.1, -0.05) is 47.3 Å². The predicted molar refractivity (Wildman–Crippen MR) is 114 cm³/mol. The summed E-state index contributed by atoms with van der Waals surface area (Å²) < 4.78 is 5.13. The smallest absolute Gasteiger partial charge is 0.341 e. The molecule has 0 aliphatic heterocycles. The molecule has 2 N–H and O–H groups in total. The number of hydrogen-bond acceptors (Lipinski definition) is 3.